The Kier molecular flexibility index (Phi) is 5.23. The van der Waals surface area contributed by atoms with Gasteiger partial charge in [0.25, 0.3) is 0 Å². The number of nitrogens with zero attached hydrogens (tertiary/aromatic N) is 1. The van der Waals surface area contributed by atoms with Crippen LogP contribution in [-0.4, -0.2) is 35.7 Å². The van der Waals surface area contributed by atoms with E-state index in [0.29, 0.717) is 18.9 Å². The Morgan fingerprint density at radius 2 is 2.10 bits per heavy atom. The number of hydrogen-bond donors (Lipinski definition) is 2. The molecular weight excluding hydrogens is 264 g/mol. The van der Waals surface area contributed by atoms with Crippen LogP contribution in [0, 0.1) is 12.8 Å². The van der Waals surface area contributed by atoms with Gasteiger partial charge in [-0.05, 0) is 50.2 Å². The predicted molar refractivity (Wildman–Crippen MR) is 84.1 cm³/mol. The summed E-state index contributed by atoms with van der Waals surface area (Å²) in [4.78, 5) is 14.0. The van der Waals surface area contributed by atoms with Crippen molar-refractivity contribution >= 4 is 6.03 Å². The SMILES string of the molecule is Cc1ccccc1C(NC(=O)N(C)CCC(C)O)C1CC1. The number of aryl methyl sites for hydroxylation is 1. The summed E-state index contributed by atoms with van der Waals surface area (Å²) < 4.78 is 0. The second kappa shape index (κ2) is 6.94. The minimum Gasteiger partial charge on any atom is -0.393 e. The molecule has 0 saturated heterocycles. The maximum atomic E-state index is 12.3. The molecule has 0 aromatic heterocycles. The summed E-state index contributed by atoms with van der Waals surface area (Å²) in [5, 5.41) is 12.5. The van der Waals surface area contributed by atoms with Crippen LogP contribution in [0.3, 0.4) is 0 Å². The lowest BCUT2D eigenvalue weighted by Crippen LogP contribution is -2.41. The van der Waals surface area contributed by atoms with Crippen molar-refractivity contribution in [2.75, 3.05) is 13.6 Å². The van der Waals surface area contributed by atoms with Gasteiger partial charge in [-0.1, -0.05) is 24.3 Å². The van der Waals surface area contributed by atoms with Gasteiger partial charge in [0.1, 0.15) is 0 Å². The molecule has 4 nitrogen and oxygen atoms in total. The van der Waals surface area contributed by atoms with Crippen LogP contribution in [0.2, 0.25) is 0 Å². The first-order chi connectivity index (χ1) is 9.99. The molecule has 1 aliphatic carbocycles. The van der Waals surface area contributed by atoms with Crippen molar-refractivity contribution < 1.29 is 9.90 Å². The minimum absolute atomic E-state index is 0.0594. The first-order valence-corrected chi connectivity index (χ1v) is 7.74. The maximum absolute atomic E-state index is 12.3. The minimum atomic E-state index is -0.379. The van der Waals surface area contributed by atoms with Crippen molar-refractivity contribution in [3.63, 3.8) is 0 Å². The normalized spacial score (nSPS) is 17.1. The van der Waals surface area contributed by atoms with Crippen LogP contribution in [0.25, 0.3) is 0 Å². The summed E-state index contributed by atoms with van der Waals surface area (Å²) in [5.41, 5.74) is 2.44. The highest BCUT2D eigenvalue weighted by Crippen LogP contribution is 2.41. The zero-order valence-corrected chi connectivity index (χ0v) is 13.2. The second-order valence-electron chi connectivity index (χ2n) is 6.18. The van der Waals surface area contributed by atoms with Crippen LogP contribution in [0.5, 0.6) is 0 Å². The Morgan fingerprint density at radius 3 is 2.67 bits per heavy atom. The topological polar surface area (TPSA) is 52.6 Å². The fourth-order valence-electron chi connectivity index (χ4n) is 2.54. The second-order valence-corrected chi connectivity index (χ2v) is 6.18. The average Bonchev–Trinajstić information content (AvgIpc) is 3.27. The van der Waals surface area contributed by atoms with Crippen molar-refractivity contribution in [2.24, 2.45) is 5.92 Å². The number of urea groups is 1. The smallest absolute Gasteiger partial charge is 0.317 e. The lowest BCUT2D eigenvalue weighted by Gasteiger charge is -2.25. The van der Waals surface area contributed by atoms with E-state index in [1.54, 1.807) is 18.9 Å². The fraction of sp³-hybridized carbons (Fsp3) is 0.588. The van der Waals surface area contributed by atoms with E-state index in [4.69, 9.17) is 0 Å². The van der Waals surface area contributed by atoms with Crippen LogP contribution < -0.4 is 5.32 Å². The van der Waals surface area contributed by atoms with Gasteiger partial charge in [-0.3, -0.25) is 0 Å². The molecule has 21 heavy (non-hydrogen) atoms. The molecule has 1 aromatic carbocycles. The zero-order valence-electron chi connectivity index (χ0n) is 13.2. The predicted octanol–water partition coefficient (Wildman–Crippen LogP) is 2.86. The third kappa shape index (κ3) is 4.46. The van der Waals surface area contributed by atoms with E-state index < -0.39 is 0 Å². The molecule has 1 aromatic rings. The van der Waals surface area contributed by atoms with Gasteiger partial charge in [-0.25, -0.2) is 4.79 Å². The zero-order chi connectivity index (χ0) is 15.4. The average molecular weight is 290 g/mol. The first kappa shape index (κ1) is 15.8. The molecule has 2 atom stereocenters. The number of amides is 2. The Labute approximate surface area is 127 Å². The third-order valence-corrected chi connectivity index (χ3v) is 4.12. The van der Waals surface area contributed by atoms with E-state index in [2.05, 4.69) is 24.4 Å². The number of benzene rings is 1. The van der Waals surface area contributed by atoms with Gasteiger partial charge in [0.15, 0.2) is 0 Å². The van der Waals surface area contributed by atoms with Gasteiger partial charge in [0, 0.05) is 13.6 Å². The Balaban J connectivity index is 2.00. The number of rotatable bonds is 6. The summed E-state index contributed by atoms with van der Waals surface area (Å²) in [5.74, 6) is 0.556. The van der Waals surface area contributed by atoms with Crippen molar-refractivity contribution in [3.05, 3.63) is 35.4 Å². The first-order valence-electron chi connectivity index (χ1n) is 7.74. The van der Waals surface area contributed by atoms with E-state index in [1.807, 2.05) is 12.1 Å². The van der Waals surface area contributed by atoms with Gasteiger partial charge in [-0.2, -0.15) is 0 Å². The van der Waals surface area contributed by atoms with Crippen LogP contribution >= 0.6 is 0 Å². The molecule has 0 aliphatic heterocycles. The molecule has 1 saturated carbocycles. The molecule has 1 aliphatic rings. The molecule has 2 amide bonds. The Bertz CT molecular complexity index is 483. The highest BCUT2D eigenvalue weighted by atomic mass is 16.3. The molecule has 2 unspecified atom stereocenters. The quantitative estimate of drug-likeness (QED) is 0.846. The van der Waals surface area contributed by atoms with Crippen molar-refractivity contribution in [1.29, 1.82) is 0 Å². The molecule has 0 bridgehead atoms. The van der Waals surface area contributed by atoms with E-state index in [1.165, 1.54) is 24.0 Å². The summed E-state index contributed by atoms with van der Waals surface area (Å²) in [6, 6.07) is 8.30. The summed E-state index contributed by atoms with van der Waals surface area (Å²) in [6.45, 7) is 4.40. The van der Waals surface area contributed by atoms with Crippen LogP contribution in [0.1, 0.15) is 43.4 Å². The maximum Gasteiger partial charge on any atom is 0.317 e. The molecule has 1 fully saturated rings. The highest BCUT2D eigenvalue weighted by molar-refractivity contribution is 5.74. The van der Waals surface area contributed by atoms with Gasteiger partial charge < -0.3 is 15.3 Å². The third-order valence-electron chi connectivity index (χ3n) is 4.12. The van der Waals surface area contributed by atoms with Crippen molar-refractivity contribution in [2.45, 2.75) is 45.3 Å². The molecule has 2 N–H and O–H groups in total. The van der Waals surface area contributed by atoms with Gasteiger partial charge >= 0.3 is 6.03 Å². The Hall–Kier alpha value is -1.55. The van der Waals surface area contributed by atoms with Crippen LogP contribution in [0.15, 0.2) is 24.3 Å². The molecule has 0 radical (unpaired) electrons. The van der Waals surface area contributed by atoms with Gasteiger partial charge in [0.05, 0.1) is 12.1 Å². The monoisotopic (exact) mass is 290 g/mol. The number of aliphatic hydroxyl groups excluding tert-OH is 1. The number of hydrogen-bond acceptors (Lipinski definition) is 2. The molecule has 4 heteroatoms. The molecular formula is C17H26N2O2. The van der Waals surface area contributed by atoms with Gasteiger partial charge in [-0.15, -0.1) is 0 Å². The van der Waals surface area contributed by atoms with Crippen LogP contribution in [0.4, 0.5) is 4.79 Å². The lowest BCUT2D eigenvalue weighted by molar-refractivity contribution is 0.162. The number of nitrogens with one attached hydrogen (secondary N) is 1. The summed E-state index contributed by atoms with van der Waals surface area (Å²) >= 11 is 0. The largest absolute Gasteiger partial charge is 0.393 e. The van der Waals surface area contributed by atoms with Crippen molar-refractivity contribution in [1.82, 2.24) is 10.2 Å². The highest BCUT2D eigenvalue weighted by Gasteiger charge is 2.34. The van der Waals surface area contributed by atoms with Crippen LogP contribution in [-0.2, 0) is 0 Å². The number of carbonyl (C=O) groups excluding carboxylic acids is 1. The van der Waals surface area contributed by atoms with E-state index in [-0.39, 0.29) is 18.2 Å². The van der Waals surface area contributed by atoms with E-state index >= 15 is 0 Å². The van der Waals surface area contributed by atoms with E-state index in [9.17, 15) is 9.90 Å². The number of aliphatic hydroxyl groups is 1. The lowest BCUT2D eigenvalue weighted by atomic mass is 9.98. The van der Waals surface area contributed by atoms with Gasteiger partial charge in [0.2, 0.25) is 0 Å². The summed E-state index contributed by atoms with van der Waals surface area (Å²) in [6.07, 6.45) is 2.58. The number of carbonyl (C=O) groups is 1. The molecule has 116 valence electrons. The molecule has 2 rings (SSSR count). The fourth-order valence-corrected chi connectivity index (χ4v) is 2.54. The van der Waals surface area contributed by atoms with E-state index in [0.717, 1.165) is 0 Å². The standard InChI is InChI=1S/C17H26N2O2/c1-12-6-4-5-7-15(12)16(14-8-9-14)18-17(21)19(3)11-10-13(2)20/h4-7,13-14,16,20H,8-11H2,1-3H3,(H,18,21). The summed E-state index contributed by atoms with van der Waals surface area (Å²) in [7, 11) is 1.78. The molecule has 0 spiro atoms. The Morgan fingerprint density at radius 1 is 1.43 bits per heavy atom. The molecule has 0 heterocycles. The van der Waals surface area contributed by atoms with Crippen molar-refractivity contribution in [3.8, 4) is 0 Å².